The van der Waals surface area contributed by atoms with Gasteiger partial charge in [0.2, 0.25) is 0 Å². The van der Waals surface area contributed by atoms with E-state index in [1.807, 2.05) is 0 Å². The van der Waals surface area contributed by atoms with Gasteiger partial charge in [-0.05, 0) is 19.3 Å². The molecular formula is C8H12N4. The van der Waals surface area contributed by atoms with Gasteiger partial charge in [-0.25, -0.2) is 4.98 Å². The zero-order valence-electron chi connectivity index (χ0n) is 6.90. The van der Waals surface area contributed by atoms with Crippen molar-refractivity contribution in [2.45, 2.75) is 31.2 Å². The predicted molar refractivity (Wildman–Crippen MR) is 44.3 cm³/mol. The molecule has 4 heteroatoms. The Morgan fingerprint density at radius 2 is 2.25 bits per heavy atom. The van der Waals surface area contributed by atoms with E-state index < -0.39 is 0 Å². The van der Waals surface area contributed by atoms with Crippen LogP contribution in [0.2, 0.25) is 0 Å². The lowest BCUT2D eigenvalue weighted by atomic mass is 10.1. The highest BCUT2D eigenvalue weighted by atomic mass is 15.1. The molecule has 64 valence electrons. The fourth-order valence-corrected chi connectivity index (χ4v) is 1.16. The maximum absolute atomic E-state index is 5.92. The molecule has 4 nitrogen and oxygen atoms in total. The van der Waals surface area contributed by atoms with Crippen LogP contribution in [0.3, 0.4) is 0 Å². The zero-order chi connectivity index (χ0) is 8.44. The van der Waals surface area contributed by atoms with Gasteiger partial charge in [-0.1, -0.05) is 0 Å². The van der Waals surface area contributed by atoms with Gasteiger partial charge in [0.15, 0.2) is 5.82 Å². The minimum atomic E-state index is 0.0964. The van der Waals surface area contributed by atoms with Gasteiger partial charge in [-0.3, -0.25) is 0 Å². The van der Waals surface area contributed by atoms with Crippen LogP contribution in [0.1, 0.15) is 25.1 Å². The van der Waals surface area contributed by atoms with E-state index in [1.165, 1.54) is 0 Å². The van der Waals surface area contributed by atoms with Crippen molar-refractivity contribution in [1.82, 2.24) is 15.2 Å². The third-order valence-electron chi connectivity index (χ3n) is 2.27. The van der Waals surface area contributed by atoms with Gasteiger partial charge in [0, 0.05) is 18.2 Å². The summed E-state index contributed by atoms with van der Waals surface area (Å²) in [5, 5.41) is 7.65. The average molecular weight is 164 g/mol. The van der Waals surface area contributed by atoms with Crippen LogP contribution in [-0.2, 0) is 6.42 Å². The normalized spacial score (nSPS) is 19.1. The molecule has 0 amide bonds. The summed E-state index contributed by atoms with van der Waals surface area (Å²) in [5.41, 5.74) is 6.01. The molecule has 1 aromatic heterocycles. The van der Waals surface area contributed by atoms with E-state index in [9.17, 15) is 0 Å². The lowest BCUT2D eigenvalue weighted by Gasteiger charge is -2.05. The molecule has 1 heterocycles. The van der Waals surface area contributed by atoms with Crippen LogP contribution in [0.15, 0.2) is 12.4 Å². The highest BCUT2D eigenvalue weighted by Gasteiger charge is 2.37. The first kappa shape index (κ1) is 7.61. The van der Waals surface area contributed by atoms with Gasteiger partial charge in [0.1, 0.15) is 0 Å². The average Bonchev–Trinajstić information content (AvgIpc) is 2.84. The van der Waals surface area contributed by atoms with E-state index in [0.29, 0.717) is 0 Å². The van der Waals surface area contributed by atoms with Crippen molar-refractivity contribution in [3.8, 4) is 0 Å². The van der Waals surface area contributed by atoms with E-state index in [2.05, 4.69) is 15.2 Å². The summed E-state index contributed by atoms with van der Waals surface area (Å²) in [5.74, 6) is 0.800. The number of hydrogen-bond acceptors (Lipinski definition) is 4. The van der Waals surface area contributed by atoms with Crippen molar-refractivity contribution in [2.24, 2.45) is 5.73 Å². The van der Waals surface area contributed by atoms with Gasteiger partial charge in [0.05, 0.1) is 6.20 Å². The molecule has 0 spiro atoms. The van der Waals surface area contributed by atoms with E-state index in [0.717, 1.165) is 31.5 Å². The zero-order valence-corrected chi connectivity index (χ0v) is 6.90. The van der Waals surface area contributed by atoms with E-state index >= 15 is 0 Å². The molecule has 1 fully saturated rings. The van der Waals surface area contributed by atoms with Crippen LogP contribution in [0.4, 0.5) is 0 Å². The number of aromatic nitrogens is 3. The van der Waals surface area contributed by atoms with Crippen molar-refractivity contribution in [3.63, 3.8) is 0 Å². The van der Waals surface area contributed by atoms with Gasteiger partial charge in [-0.2, -0.15) is 5.10 Å². The van der Waals surface area contributed by atoms with Crippen LogP contribution < -0.4 is 5.73 Å². The molecule has 12 heavy (non-hydrogen) atoms. The molecule has 2 N–H and O–H groups in total. The van der Waals surface area contributed by atoms with Gasteiger partial charge >= 0.3 is 0 Å². The van der Waals surface area contributed by atoms with E-state index in [-0.39, 0.29) is 5.54 Å². The van der Waals surface area contributed by atoms with E-state index in [1.54, 1.807) is 12.4 Å². The smallest absolute Gasteiger partial charge is 0.150 e. The maximum atomic E-state index is 5.92. The third kappa shape index (κ3) is 1.76. The summed E-state index contributed by atoms with van der Waals surface area (Å²) in [6, 6.07) is 0. The summed E-state index contributed by atoms with van der Waals surface area (Å²) < 4.78 is 0. The van der Waals surface area contributed by atoms with Gasteiger partial charge in [-0.15, -0.1) is 5.10 Å². The Morgan fingerprint density at radius 1 is 1.42 bits per heavy atom. The van der Waals surface area contributed by atoms with Crippen LogP contribution in [-0.4, -0.2) is 20.7 Å². The summed E-state index contributed by atoms with van der Waals surface area (Å²) in [4.78, 5) is 4.08. The highest BCUT2D eigenvalue weighted by molar-refractivity contribution is 5.00. The molecule has 0 atom stereocenters. The first-order valence-corrected chi connectivity index (χ1v) is 4.20. The van der Waals surface area contributed by atoms with Crippen molar-refractivity contribution in [1.29, 1.82) is 0 Å². The molecule has 1 aliphatic carbocycles. The molecule has 1 saturated carbocycles. The number of nitrogens with zero attached hydrogens (tertiary/aromatic N) is 3. The third-order valence-corrected chi connectivity index (χ3v) is 2.27. The second-order valence-corrected chi connectivity index (χ2v) is 3.42. The van der Waals surface area contributed by atoms with Crippen molar-refractivity contribution < 1.29 is 0 Å². The first-order valence-electron chi connectivity index (χ1n) is 4.20. The summed E-state index contributed by atoms with van der Waals surface area (Å²) in [6.45, 7) is 0. The highest BCUT2D eigenvalue weighted by Crippen LogP contribution is 2.36. The number of rotatable bonds is 3. The second kappa shape index (κ2) is 2.79. The minimum absolute atomic E-state index is 0.0964. The first-order chi connectivity index (χ1) is 5.79. The summed E-state index contributed by atoms with van der Waals surface area (Å²) >= 11 is 0. The van der Waals surface area contributed by atoms with Crippen LogP contribution >= 0.6 is 0 Å². The molecule has 0 radical (unpaired) electrons. The lowest BCUT2D eigenvalue weighted by Crippen LogP contribution is -2.22. The van der Waals surface area contributed by atoms with E-state index in [4.69, 9.17) is 5.73 Å². The Hall–Kier alpha value is -1.03. The van der Waals surface area contributed by atoms with Crippen LogP contribution in [0.25, 0.3) is 0 Å². The van der Waals surface area contributed by atoms with Gasteiger partial charge in [0.25, 0.3) is 0 Å². The molecule has 0 aromatic carbocycles. The maximum Gasteiger partial charge on any atom is 0.150 e. The van der Waals surface area contributed by atoms with Crippen molar-refractivity contribution in [3.05, 3.63) is 18.2 Å². The Kier molecular flexibility index (Phi) is 1.77. The van der Waals surface area contributed by atoms with Gasteiger partial charge < -0.3 is 5.73 Å². The predicted octanol–water partition coefficient (Wildman–Crippen LogP) is 0.295. The number of aryl methyl sites for hydroxylation is 1. The molecular weight excluding hydrogens is 152 g/mol. The molecule has 0 bridgehead atoms. The molecule has 1 aromatic rings. The lowest BCUT2D eigenvalue weighted by molar-refractivity contribution is 0.590. The van der Waals surface area contributed by atoms with Crippen LogP contribution in [0, 0.1) is 0 Å². The Bertz CT molecular complexity index is 255. The number of nitrogens with two attached hydrogens (primary N) is 1. The topological polar surface area (TPSA) is 64.7 Å². The summed E-state index contributed by atoms with van der Waals surface area (Å²) in [6.07, 6.45) is 7.38. The minimum Gasteiger partial charge on any atom is -0.325 e. The Morgan fingerprint density at radius 3 is 2.83 bits per heavy atom. The van der Waals surface area contributed by atoms with Crippen molar-refractivity contribution >= 4 is 0 Å². The second-order valence-electron chi connectivity index (χ2n) is 3.42. The molecule has 0 aliphatic heterocycles. The Labute approximate surface area is 71.2 Å². The molecule has 2 rings (SSSR count). The monoisotopic (exact) mass is 164 g/mol. The molecule has 0 saturated heterocycles. The van der Waals surface area contributed by atoms with Crippen molar-refractivity contribution in [2.75, 3.05) is 0 Å². The SMILES string of the molecule is NC1(CCc2nccnn2)CC1. The Balaban J connectivity index is 1.88. The standard InChI is InChI=1S/C8H12N4/c9-8(3-4-8)2-1-7-10-5-6-11-12-7/h5-6H,1-4,9H2. The molecule has 0 unspecified atom stereocenters. The fraction of sp³-hybridized carbons (Fsp3) is 0.625. The number of hydrogen-bond donors (Lipinski definition) is 1. The largest absolute Gasteiger partial charge is 0.325 e. The quantitative estimate of drug-likeness (QED) is 0.697. The van der Waals surface area contributed by atoms with Crippen LogP contribution in [0.5, 0.6) is 0 Å². The summed E-state index contributed by atoms with van der Waals surface area (Å²) in [7, 11) is 0. The molecule has 1 aliphatic rings. The fourth-order valence-electron chi connectivity index (χ4n) is 1.16.